The molecule has 1 amide bonds. The van der Waals surface area contributed by atoms with Gasteiger partial charge in [-0.3, -0.25) is 9.59 Å². The first-order chi connectivity index (χ1) is 8.58. The summed E-state index contributed by atoms with van der Waals surface area (Å²) in [6.45, 7) is 0.470. The Hall–Kier alpha value is -0.880. The quantitative estimate of drug-likeness (QED) is 0.891. The fourth-order valence-electron chi connectivity index (χ4n) is 2.32. The summed E-state index contributed by atoms with van der Waals surface area (Å²) >= 11 is 4.93. The summed E-state index contributed by atoms with van der Waals surface area (Å²) in [6.07, 6.45) is 2.11. The maximum atomic E-state index is 12.0. The van der Waals surface area contributed by atoms with Gasteiger partial charge in [-0.1, -0.05) is 6.42 Å². The predicted octanol–water partition coefficient (Wildman–Crippen LogP) is 2.63. The Morgan fingerprint density at radius 3 is 2.72 bits per heavy atom. The molecular formula is C12H14BrNO3S. The lowest BCUT2D eigenvalue weighted by molar-refractivity contribution is -0.146. The fraction of sp³-hybridized carbons (Fsp3) is 0.500. The lowest BCUT2D eigenvalue weighted by Gasteiger charge is -2.15. The number of nitrogens with one attached hydrogen (secondary N) is 1. The minimum absolute atomic E-state index is 0.135. The molecule has 2 N–H and O–H groups in total. The molecular weight excluding hydrogens is 318 g/mol. The molecule has 1 fully saturated rings. The van der Waals surface area contributed by atoms with Crippen LogP contribution in [0.4, 0.5) is 0 Å². The van der Waals surface area contributed by atoms with Gasteiger partial charge in [0.2, 0.25) is 5.91 Å². The predicted molar refractivity (Wildman–Crippen MR) is 72.3 cm³/mol. The Labute approximate surface area is 118 Å². The molecule has 18 heavy (non-hydrogen) atoms. The van der Waals surface area contributed by atoms with Crippen LogP contribution in [0.3, 0.4) is 0 Å². The number of amides is 1. The third kappa shape index (κ3) is 3.11. The summed E-state index contributed by atoms with van der Waals surface area (Å²) in [5, 5.41) is 11.9. The van der Waals surface area contributed by atoms with E-state index in [1.807, 2.05) is 12.1 Å². The van der Waals surface area contributed by atoms with Crippen molar-refractivity contribution in [2.75, 3.05) is 0 Å². The Bertz CT molecular complexity index is 460. The van der Waals surface area contributed by atoms with Crippen molar-refractivity contribution in [2.24, 2.45) is 11.8 Å². The van der Waals surface area contributed by atoms with E-state index in [2.05, 4.69) is 21.2 Å². The van der Waals surface area contributed by atoms with Crippen molar-refractivity contribution in [1.29, 1.82) is 0 Å². The minimum atomic E-state index is -0.855. The summed E-state index contributed by atoms with van der Waals surface area (Å²) < 4.78 is 1.02. The van der Waals surface area contributed by atoms with Gasteiger partial charge in [0.1, 0.15) is 0 Å². The van der Waals surface area contributed by atoms with Crippen molar-refractivity contribution in [2.45, 2.75) is 25.8 Å². The molecule has 1 heterocycles. The molecule has 1 saturated carbocycles. The second-order valence-corrected chi connectivity index (χ2v) is 6.95. The summed E-state index contributed by atoms with van der Waals surface area (Å²) in [5.41, 5.74) is 0. The van der Waals surface area contributed by atoms with Gasteiger partial charge in [-0.05, 0) is 40.9 Å². The van der Waals surface area contributed by atoms with E-state index in [0.717, 1.165) is 15.1 Å². The molecule has 0 bridgehead atoms. The van der Waals surface area contributed by atoms with Crippen LogP contribution in [0.5, 0.6) is 0 Å². The number of carboxylic acids is 1. The van der Waals surface area contributed by atoms with Gasteiger partial charge in [-0.15, -0.1) is 11.3 Å². The number of aliphatic carboxylic acids is 1. The number of thiophene rings is 1. The maximum absolute atomic E-state index is 12.0. The van der Waals surface area contributed by atoms with Crippen LogP contribution >= 0.6 is 27.3 Å². The third-order valence-electron chi connectivity index (χ3n) is 3.24. The molecule has 0 saturated heterocycles. The average molecular weight is 332 g/mol. The van der Waals surface area contributed by atoms with Gasteiger partial charge >= 0.3 is 5.97 Å². The van der Waals surface area contributed by atoms with Crippen molar-refractivity contribution in [3.8, 4) is 0 Å². The number of carbonyl (C=O) groups is 2. The monoisotopic (exact) mass is 331 g/mol. The molecule has 0 radical (unpaired) electrons. The number of carbonyl (C=O) groups excluding carboxylic acids is 1. The smallest absolute Gasteiger partial charge is 0.307 e. The molecule has 0 aliphatic heterocycles. The van der Waals surface area contributed by atoms with Crippen LogP contribution in [0, 0.1) is 11.8 Å². The first-order valence-electron chi connectivity index (χ1n) is 5.82. The van der Waals surface area contributed by atoms with E-state index < -0.39 is 11.9 Å². The van der Waals surface area contributed by atoms with Gasteiger partial charge in [0.25, 0.3) is 0 Å². The van der Waals surface area contributed by atoms with Crippen molar-refractivity contribution >= 4 is 39.1 Å². The molecule has 1 aliphatic carbocycles. The molecule has 2 unspecified atom stereocenters. The largest absolute Gasteiger partial charge is 0.481 e. The van der Waals surface area contributed by atoms with E-state index in [1.54, 1.807) is 11.3 Å². The molecule has 1 aromatic rings. The molecule has 98 valence electrons. The van der Waals surface area contributed by atoms with E-state index in [4.69, 9.17) is 5.11 Å². The van der Waals surface area contributed by atoms with Crippen LogP contribution in [0.15, 0.2) is 15.9 Å². The summed E-state index contributed by atoms with van der Waals surface area (Å²) in [4.78, 5) is 24.0. The third-order valence-corrected chi connectivity index (χ3v) is 4.86. The summed E-state index contributed by atoms with van der Waals surface area (Å²) in [5.74, 6) is -1.87. The Morgan fingerprint density at radius 2 is 2.11 bits per heavy atom. The van der Waals surface area contributed by atoms with Crippen LogP contribution in [0.1, 0.15) is 24.1 Å². The van der Waals surface area contributed by atoms with E-state index in [9.17, 15) is 9.59 Å². The zero-order valence-electron chi connectivity index (χ0n) is 9.69. The van der Waals surface area contributed by atoms with E-state index in [0.29, 0.717) is 19.4 Å². The number of hydrogen-bond donors (Lipinski definition) is 2. The van der Waals surface area contributed by atoms with Gasteiger partial charge in [-0.25, -0.2) is 0 Å². The van der Waals surface area contributed by atoms with E-state index >= 15 is 0 Å². The molecule has 2 atom stereocenters. The van der Waals surface area contributed by atoms with Crippen molar-refractivity contribution in [1.82, 2.24) is 5.32 Å². The van der Waals surface area contributed by atoms with E-state index in [1.165, 1.54) is 0 Å². The molecule has 1 aliphatic rings. The van der Waals surface area contributed by atoms with Crippen LogP contribution in [-0.2, 0) is 16.1 Å². The van der Waals surface area contributed by atoms with Gasteiger partial charge in [0.05, 0.1) is 22.2 Å². The minimum Gasteiger partial charge on any atom is -0.481 e. The molecule has 0 aromatic carbocycles. The lowest BCUT2D eigenvalue weighted by atomic mass is 9.95. The second-order valence-electron chi connectivity index (χ2n) is 4.41. The average Bonchev–Trinajstić information content (AvgIpc) is 2.94. The zero-order valence-corrected chi connectivity index (χ0v) is 12.1. The molecule has 6 heteroatoms. The maximum Gasteiger partial charge on any atom is 0.307 e. The highest BCUT2D eigenvalue weighted by atomic mass is 79.9. The standard InChI is InChI=1S/C12H14BrNO3S/c13-10-5-4-7(18-10)6-14-11(15)8-2-1-3-9(8)12(16)17/h4-5,8-9H,1-3,6H2,(H,14,15)(H,16,17). The summed E-state index contributed by atoms with van der Waals surface area (Å²) in [6, 6.07) is 3.88. The van der Waals surface area contributed by atoms with Crippen LogP contribution in [-0.4, -0.2) is 17.0 Å². The Kier molecular flexibility index (Phi) is 4.40. The molecule has 0 spiro atoms. The van der Waals surface area contributed by atoms with E-state index in [-0.39, 0.29) is 11.8 Å². The van der Waals surface area contributed by atoms with Gasteiger partial charge in [0, 0.05) is 4.88 Å². The van der Waals surface area contributed by atoms with Crippen LogP contribution in [0.25, 0.3) is 0 Å². The first kappa shape index (κ1) is 13.5. The van der Waals surface area contributed by atoms with Crippen molar-refractivity contribution < 1.29 is 14.7 Å². The van der Waals surface area contributed by atoms with Gasteiger partial charge in [-0.2, -0.15) is 0 Å². The highest BCUT2D eigenvalue weighted by Gasteiger charge is 2.37. The fourth-order valence-corrected chi connectivity index (χ4v) is 3.74. The highest BCUT2D eigenvalue weighted by Crippen LogP contribution is 2.32. The molecule has 2 rings (SSSR count). The SMILES string of the molecule is O=C(O)C1CCCC1C(=O)NCc1ccc(Br)s1. The Morgan fingerprint density at radius 1 is 1.39 bits per heavy atom. The number of halogens is 1. The van der Waals surface area contributed by atoms with Gasteiger partial charge < -0.3 is 10.4 Å². The first-order valence-corrected chi connectivity index (χ1v) is 7.43. The van der Waals surface area contributed by atoms with Crippen LogP contribution < -0.4 is 5.32 Å². The Balaban J connectivity index is 1.89. The number of hydrogen-bond acceptors (Lipinski definition) is 3. The lowest BCUT2D eigenvalue weighted by Crippen LogP contribution is -2.34. The number of rotatable bonds is 4. The normalized spacial score (nSPS) is 22.9. The molecule has 1 aromatic heterocycles. The molecule has 4 nitrogen and oxygen atoms in total. The summed E-state index contributed by atoms with van der Waals surface area (Å²) in [7, 11) is 0. The highest BCUT2D eigenvalue weighted by molar-refractivity contribution is 9.11. The van der Waals surface area contributed by atoms with Crippen molar-refractivity contribution in [3.05, 3.63) is 20.8 Å². The van der Waals surface area contributed by atoms with Gasteiger partial charge in [0.15, 0.2) is 0 Å². The zero-order chi connectivity index (χ0) is 13.1. The second kappa shape index (κ2) is 5.84. The topological polar surface area (TPSA) is 66.4 Å². The van der Waals surface area contributed by atoms with Crippen molar-refractivity contribution in [3.63, 3.8) is 0 Å². The van der Waals surface area contributed by atoms with Crippen LogP contribution in [0.2, 0.25) is 0 Å². The number of carboxylic acid groups (broad SMARTS) is 1.